The largest absolute Gasteiger partial charge is 0.390 e. The van der Waals surface area contributed by atoms with Crippen molar-refractivity contribution in [2.75, 3.05) is 0 Å². The summed E-state index contributed by atoms with van der Waals surface area (Å²) in [6, 6.07) is 3.97. The molecule has 3 heteroatoms. The fourth-order valence-electron chi connectivity index (χ4n) is 1.28. The van der Waals surface area contributed by atoms with E-state index in [1.165, 1.54) is 0 Å². The van der Waals surface area contributed by atoms with Crippen LogP contribution in [0.4, 0.5) is 0 Å². The lowest BCUT2D eigenvalue weighted by molar-refractivity contribution is 0.277. The van der Waals surface area contributed by atoms with E-state index >= 15 is 0 Å². The van der Waals surface area contributed by atoms with E-state index in [0.29, 0.717) is 5.69 Å². The van der Waals surface area contributed by atoms with Gasteiger partial charge in [-0.1, -0.05) is 6.07 Å². The summed E-state index contributed by atoms with van der Waals surface area (Å²) < 4.78 is 1.92. The van der Waals surface area contributed by atoms with Gasteiger partial charge >= 0.3 is 0 Å². The summed E-state index contributed by atoms with van der Waals surface area (Å²) in [6.07, 6.45) is 3.76. The first-order valence-electron chi connectivity index (χ1n) is 3.85. The minimum atomic E-state index is 0.00111. The molecule has 2 rings (SSSR count). The van der Waals surface area contributed by atoms with Gasteiger partial charge < -0.3 is 9.51 Å². The average Bonchev–Trinajstić information content (AvgIpc) is 2.49. The summed E-state index contributed by atoms with van der Waals surface area (Å²) in [4.78, 5) is 4.24. The Morgan fingerprint density at radius 3 is 3.08 bits per heavy atom. The van der Waals surface area contributed by atoms with Crippen LogP contribution in [-0.4, -0.2) is 14.5 Å². The van der Waals surface area contributed by atoms with Gasteiger partial charge in [0.2, 0.25) is 0 Å². The molecular formula is C9H10N2O. The normalized spacial score (nSPS) is 10.8. The minimum Gasteiger partial charge on any atom is -0.390 e. The third-order valence-corrected chi connectivity index (χ3v) is 1.89. The highest BCUT2D eigenvalue weighted by Crippen LogP contribution is 2.09. The number of imidazole rings is 1. The fraction of sp³-hybridized carbons (Fsp3) is 0.222. The number of aromatic nitrogens is 2. The first-order valence-corrected chi connectivity index (χ1v) is 3.85. The number of pyridine rings is 1. The van der Waals surface area contributed by atoms with Gasteiger partial charge in [-0.3, -0.25) is 0 Å². The number of rotatable bonds is 1. The zero-order chi connectivity index (χ0) is 8.55. The van der Waals surface area contributed by atoms with Crippen LogP contribution in [0, 0.1) is 6.92 Å². The lowest BCUT2D eigenvalue weighted by atomic mass is 10.3. The van der Waals surface area contributed by atoms with Crippen LogP contribution in [0.2, 0.25) is 0 Å². The molecule has 0 amide bonds. The molecular weight excluding hydrogens is 152 g/mol. The van der Waals surface area contributed by atoms with Gasteiger partial charge in [0.05, 0.1) is 12.3 Å². The molecule has 0 saturated heterocycles. The van der Waals surface area contributed by atoms with Crippen molar-refractivity contribution in [3.63, 3.8) is 0 Å². The van der Waals surface area contributed by atoms with Gasteiger partial charge in [0, 0.05) is 12.4 Å². The molecule has 2 heterocycles. The smallest absolute Gasteiger partial charge is 0.140 e. The standard InChI is InChI=1S/C9H10N2O/c1-7-3-2-4-11-5-8(6-12)10-9(7)11/h2-5,12H,6H2,1H3. The molecule has 0 fully saturated rings. The zero-order valence-corrected chi connectivity index (χ0v) is 6.86. The van der Waals surface area contributed by atoms with Gasteiger partial charge in [-0.05, 0) is 18.6 Å². The molecule has 2 aromatic heterocycles. The topological polar surface area (TPSA) is 37.5 Å². The number of nitrogens with zero attached hydrogens (tertiary/aromatic N) is 2. The van der Waals surface area contributed by atoms with E-state index in [9.17, 15) is 0 Å². The molecule has 1 N–H and O–H groups in total. The van der Waals surface area contributed by atoms with Crippen molar-refractivity contribution in [3.8, 4) is 0 Å². The summed E-state index contributed by atoms with van der Waals surface area (Å²) >= 11 is 0. The molecule has 0 aliphatic rings. The maximum atomic E-state index is 8.85. The number of hydrogen-bond donors (Lipinski definition) is 1. The monoisotopic (exact) mass is 162 g/mol. The van der Waals surface area contributed by atoms with E-state index in [1.54, 1.807) is 0 Å². The van der Waals surface area contributed by atoms with Gasteiger partial charge in [-0.2, -0.15) is 0 Å². The van der Waals surface area contributed by atoms with Gasteiger partial charge in [-0.25, -0.2) is 4.98 Å². The predicted octanol–water partition coefficient (Wildman–Crippen LogP) is 1.14. The number of hydrogen-bond acceptors (Lipinski definition) is 2. The Bertz CT molecular complexity index is 406. The molecule has 2 aromatic rings. The molecule has 0 aliphatic heterocycles. The Hall–Kier alpha value is -1.35. The number of aliphatic hydroxyl groups excluding tert-OH is 1. The molecule has 3 nitrogen and oxygen atoms in total. The third-order valence-electron chi connectivity index (χ3n) is 1.89. The van der Waals surface area contributed by atoms with E-state index in [-0.39, 0.29) is 6.61 Å². The van der Waals surface area contributed by atoms with Crippen LogP contribution >= 0.6 is 0 Å². The Balaban J connectivity index is 2.74. The molecule has 0 unspecified atom stereocenters. The summed E-state index contributed by atoms with van der Waals surface area (Å²) in [5.41, 5.74) is 2.75. The van der Waals surface area contributed by atoms with E-state index in [4.69, 9.17) is 5.11 Å². The fourth-order valence-corrected chi connectivity index (χ4v) is 1.28. The third kappa shape index (κ3) is 0.987. The number of aryl methyl sites for hydroxylation is 1. The Labute approximate surface area is 70.3 Å². The van der Waals surface area contributed by atoms with Crippen LogP contribution in [0.5, 0.6) is 0 Å². The van der Waals surface area contributed by atoms with Gasteiger partial charge in [-0.15, -0.1) is 0 Å². The SMILES string of the molecule is Cc1cccn2cc(CO)nc12. The van der Waals surface area contributed by atoms with Crippen LogP contribution < -0.4 is 0 Å². The predicted molar refractivity (Wildman–Crippen MR) is 45.9 cm³/mol. The van der Waals surface area contributed by atoms with Crippen molar-refractivity contribution in [2.45, 2.75) is 13.5 Å². The molecule has 0 saturated carbocycles. The summed E-state index contributed by atoms with van der Waals surface area (Å²) in [5, 5.41) is 8.85. The zero-order valence-electron chi connectivity index (χ0n) is 6.86. The first kappa shape index (κ1) is 7.31. The number of aliphatic hydroxyl groups is 1. The van der Waals surface area contributed by atoms with Crippen molar-refractivity contribution in [1.82, 2.24) is 9.38 Å². The van der Waals surface area contributed by atoms with Crippen LogP contribution in [0.15, 0.2) is 24.5 Å². The van der Waals surface area contributed by atoms with Gasteiger partial charge in [0.25, 0.3) is 0 Å². The summed E-state index contributed by atoms with van der Waals surface area (Å²) in [6.45, 7) is 2.00. The highest BCUT2D eigenvalue weighted by atomic mass is 16.3. The van der Waals surface area contributed by atoms with Crippen molar-refractivity contribution >= 4 is 5.65 Å². The molecule has 0 bridgehead atoms. The van der Waals surface area contributed by atoms with Crippen molar-refractivity contribution in [3.05, 3.63) is 35.8 Å². The summed E-state index contributed by atoms with van der Waals surface area (Å²) in [5.74, 6) is 0. The molecule has 0 radical (unpaired) electrons. The molecule has 0 spiro atoms. The van der Waals surface area contributed by atoms with E-state index < -0.39 is 0 Å². The average molecular weight is 162 g/mol. The second-order valence-electron chi connectivity index (χ2n) is 2.81. The van der Waals surface area contributed by atoms with E-state index in [0.717, 1.165) is 11.2 Å². The molecule has 12 heavy (non-hydrogen) atoms. The maximum Gasteiger partial charge on any atom is 0.140 e. The Kier molecular flexibility index (Phi) is 1.59. The second-order valence-corrected chi connectivity index (χ2v) is 2.81. The van der Waals surface area contributed by atoms with Gasteiger partial charge in [0.15, 0.2) is 0 Å². The van der Waals surface area contributed by atoms with E-state index in [1.807, 2.05) is 35.9 Å². The lowest BCUT2D eigenvalue weighted by Gasteiger charge is -1.93. The highest BCUT2D eigenvalue weighted by Gasteiger charge is 2.00. The Morgan fingerprint density at radius 2 is 2.42 bits per heavy atom. The van der Waals surface area contributed by atoms with Crippen LogP contribution in [-0.2, 0) is 6.61 Å². The molecule has 0 aromatic carbocycles. The maximum absolute atomic E-state index is 8.85. The van der Waals surface area contributed by atoms with Crippen molar-refractivity contribution in [2.24, 2.45) is 0 Å². The van der Waals surface area contributed by atoms with Crippen molar-refractivity contribution in [1.29, 1.82) is 0 Å². The first-order chi connectivity index (χ1) is 5.81. The molecule has 62 valence electrons. The van der Waals surface area contributed by atoms with Gasteiger partial charge in [0.1, 0.15) is 5.65 Å². The van der Waals surface area contributed by atoms with Crippen molar-refractivity contribution < 1.29 is 5.11 Å². The van der Waals surface area contributed by atoms with Crippen LogP contribution in [0.3, 0.4) is 0 Å². The molecule has 0 atom stereocenters. The lowest BCUT2D eigenvalue weighted by Crippen LogP contribution is -1.84. The minimum absolute atomic E-state index is 0.00111. The quantitative estimate of drug-likeness (QED) is 0.682. The Morgan fingerprint density at radius 1 is 1.58 bits per heavy atom. The van der Waals surface area contributed by atoms with Crippen LogP contribution in [0.1, 0.15) is 11.3 Å². The van der Waals surface area contributed by atoms with E-state index in [2.05, 4.69) is 4.98 Å². The second kappa shape index (κ2) is 2.60. The molecule has 0 aliphatic carbocycles. The number of fused-ring (bicyclic) bond motifs is 1. The highest BCUT2D eigenvalue weighted by molar-refractivity contribution is 5.47. The van der Waals surface area contributed by atoms with Crippen LogP contribution in [0.25, 0.3) is 5.65 Å². The summed E-state index contributed by atoms with van der Waals surface area (Å²) in [7, 11) is 0.